The Morgan fingerprint density at radius 1 is 1.13 bits per heavy atom. The van der Waals surface area contributed by atoms with Crippen LogP contribution in [0.2, 0.25) is 0 Å². The fourth-order valence-electron chi connectivity index (χ4n) is 6.04. The number of benzene rings is 2. The Labute approximate surface area is 221 Å². The van der Waals surface area contributed by atoms with Gasteiger partial charge >= 0.3 is 0 Å². The highest BCUT2D eigenvalue weighted by atomic mass is 32.2. The molecule has 1 aliphatic carbocycles. The number of nitrogens with zero attached hydrogens (tertiary/aromatic N) is 4. The summed E-state index contributed by atoms with van der Waals surface area (Å²) in [5.41, 5.74) is 4.02. The van der Waals surface area contributed by atoms with Crippen LogP contribution in [0.25, 0.3) is 11.8 Å². The van der Waals surface area contributed by atoms with E-state index in [-0.39, 0.29) is 23.8 Å². The van der Waals surface area contributed by atoms with E-state index in [9.17, 15) is 17.2 Å². The molecule has 7 nitrogen and oxygen atoms in total. The average Bonchev–Trinajstić information content (AvgIpc) is 3.53. The molecule has 200 valence electrons. The van der Waals surface area contributed by atoms with Crippen molar-refractivity contribution in [3.05, 3.63) is 77.4 Å². The van der Waals surface area contributed by atoms with E-state index < -0.39 is 21.6 Å². The maximum atomic E-state index is 13.8. The zero-order valence-corrected chi connectivity index (χ0v) is 22.0. The van der Waals surface area contributed by atoms with E-state index in [4.69, 9.17) is 4.74 Å². The first-order chi connectivity index (χ1) is 18.3. The highest BCUT2D eigenvalue weighted by Crippen LogP contribution is 2.45. The number of anilines is 1. The molecule has 0 N–H and O–H groups in total. The topological polar surface area (TPSA) is 67.7 Å². The third-order valence-electron chi connectivity index (χ3n) is 7.96. The molecule has 3 aliphatic rings. The molecular formula is C28H30F2N4O3S. The molecule has 2 fully saturated rings. The SMILES string of the molecule is COC[C@]12Cc3cnn(-c4ccc(F)cc4)c3C=C1CCN(S(=O)(=O)c1cccc(N3CC[C@@H](F)C3)c1)C2. The molecule has 0 saturated carbocycles. The molecule has 0 unspecified atom stereocenters. The number of sulfonamides is 1. The number of hydrogen-bond acceptors (Lipinski definition) is 5. The molecule has 10 heteroatoms. The highest BCUT2D eigenvalue weighted by molar-refractivity contribution is 7.89. The molecule has 0 radical (unpaired) electrons. The van der Waals surface area contributed by atoms with E-state index in [1.807, 2.05) is 11.0 Å². The standard InChI is InChI=1S/C28H30F2N4O3S/c1-37-19-28-15-20-16-31-34(24-7-5-22(29)6-8-24)27(20)13-21(28)9-12-33(18-28)38(35,36)26-4-2-3-25(14-26)32-11-10-23(30)17-32/h2-8,13-14,16,23H,9-12,15,17-19H2,1H3/t23-,28-/m1/s1. The summed E-state index contributed by atoms with van der Waals surface area (Å²) in [4.78, 5) is 2.12. The van der Waals surface area contributed by atoms with Gasteiger partial charge in [-0.1, -0.05) is 11.6 Å². The van der Waals surface area contributed by atoms with Gasteiger partial charge in [0.2, 0.25) is 10.0 Å². The van der Waals surface area contributed by atoms with Gasteiger partial charge < -0.3 is 9.64 Å². The van der Waals surface area contributed by atoms with Crippen molar-refractivity contribution in [2.45, 2.75) is 30.3 Å². The second kappa shape index (κ2) is 9.59. The summed E-state index contributed by atoms with van der Waals surface area (Å²) in [6.07, 6.45) is 4.61. The summed E-state index contributed by atoms with van der Waals surface area (Å²) < 4.78 is 63.9. The Morgan fingerprint density at radius 3 is 2.68 bits per heavy atom. The van der Waals surface area contributed by atoms with Gasteiger partial charge in [-0.15, -0.1) is 0 Å². The molecule has 3 heterocycles. The van der Waals surface area contributed by atoms with Gasteiger partial charge in [-0.3, -0.25) is 0 Å². The average molecular weight is 541 g/mol. The van der Waals surface area contributed by atoms with Crippen LogP contribution in [0, 0.1) is 11.2 Å². The van der Waals surface area contributed by atoms with Crippen LogP contribution in [0.3, 0.4) is 0 Å². The minimum atomic E-state index is -3.78. The van der Waals surface area contributed by atoms with E-state index in [1.165, 1.54) is 12.1 Å². The third kappa shape index (κ3) is 4.34. The number of piperidine rings is 1. The summed E-state index contributed by atoms with van der Waals surface area (Å²) in [5.74, 6) is -0.307. The van der Waals surface area contributed by atoms with Crippen molar-refractivity contribution in [2.75, 3.05) is 44.8 Å². The Balaban J connectivity index is 1.30. The molecule has 38 heavy (non-hydrogen) atoms. The fourth-order valence-corrected chi connectivity index (χ4v) is 7.60. The first-order valence-electron chi connectivity index (χ1n) is 12.8. The van der Waals surface area contributed by atoms with Crippen molar-refractivity contribution >= 4 is 21.8 Å². The Morgan fingerprint density at radius 2 is 1.95 bits per heavy atom. The lowest BCUT2D eigenvalue weighted by atomic mass is 9.69. The smallest absolute Gasteiger partial charge is 0.243 e. The van der Waals surface area contributed by atoms with Gasteiger partial charge in [0.05, 0.1) is 29.1 Å². The van der Waals surface area contributed by atoms with Crippen LogP contribution in [0.1, 0.15) is 24.1 Å². The summed E-state index contributed by atoms with van der Waals surface area (Å²) in [6, 6.07) is 13.0. The first kappa shape index (κ1) is 25.2. The summed E-state index contributed by atoms with van der Waals surface area (Å²) in [7, 11) is -2.15. The van der Waals surface area contributed by atoms with Crippen LogP contribution in [-0.2, 0) is 21.2 Å². The summed E-state index contributed by atoms with van der Waals surface area (Å²) in [6.45, 7) is 1.87. The van der Waals surface area contributed by atoms with Crippen molar-refractivity contribution in [3.63, 3.8) is 0 Å². The number of rotatable bonds is 6. The van der Waals surface area contributed by atoms with Gasteiger partial charge in [0.25, 0.3) is 0 Å². The van der Waals surface area contributed by atoms with Crippen molar-refractivity contribution in [1.82, 2.24) is 14.1 Å². The molecular weight excluding hydrogens is 510 g/mol. The van der Waals surface area contributed by atoms with Gasteiger partial charge in [0.15, 0.2) is 0 Å². The Bertz CT molecular complexity index is 1490. The zero-order chi connectivity index (χ0) is 26.5. The van der Waals surface area contributed by atoms with Gasteiger partial charge in [0.1, 0.15) is 12.0 Å². The van der Waals surface area contributed by atoms with E-state index in [0.717, 1.165) is 28.2 Å². The number of fused-ring (bicyclic) bond motifs is 2. The largest absolute Gasteiger partial charge is 0.384 e. The van der Waals surface area contributed by atoms with E-state index in [0.29, 0.717) is 39.0 Å². The number of ether oxygens (including phenoxy) is 1. The summed E-state index contributed by atoms with van der Waals surface area (Å²) in [5, 5.41) is 4.56. The lowest BCUT2D eigenvalue weighted by Crippen LogP contribution is -2.51. The van der Waals surface area contributed by atoms with Crippen LogP contribution >= 0.6 is 0 Å². The van der Waals surface area contributed by atoms with Gasteiger partial charge in [-0.25, -0.2) is 21.9 Å². The van der Waals surface area contributed by atoms with E-state index >= 15 is 0 Å². The van der Waals surface area contributed by atoms with Crippen LogP contribution in [0.15, 0.2) is 65.2 Å². The Kier molecular flexibility index (Phi) is 6.36. The Hall–Kier alpha value is -3.08. The zero-order valence-electron chi connectivity index (χ0n) is 21.2. The molecule has 2 atom stereocenters. The fraction of sp³-hybridized carbons (Fsp3) is 0.393. The van der Waals surface area contributed by atoms with Gasteiger partial charge in [-0.2, -0.15) is 9.40 Å². The number of hydrogen-bond donors (Lipinski definition) is 0. The predicted octanol–water partition coefficient (Wildman–Crippen LogP) is 4.23. The van der Waals surface area contributed by atoms with Crippen LogP contribution < -0.4 is 4.90 Å². The third-order valence-corrected chi connectivity index (χ3v) is 9.80. The van der Waals surface area contributed by atoms with Crippen molar-refractivity contribution in [2.24, 2.45) is 5.41 Å². The molecule has 2 aliphatic heterocycles. The van der Waals surface area contributed by atoms with Gasteiger partial charge in [-0.05, 0) is 73.4 Å². The van der Waals surface area contributed by atoms with Gasteiger partial charge in [0, 0.05) is 44.4 Å². The minimum Gasteiger partial charge on any atom is -0.384 e. The molecule has 0 amide bonds. The lowest BCUT2D eigenvalue weighted by Gasteiger charge is -2.45. The quantitative estimate of drug-likeness (QED) is 0.468. The molecule has 1 aromatic heterocycles. The molecule has 0 bridgehead atoms. The monoisotopic (exact) mass is 540 g/mol. The molecule has 2 saturated heterocycles. The number of alkyl halides is 1. The van der Waals surface area contributed by atoms with Crippen LogP contribution in [0.5, 0.6) is 0 Å². The predicted molar refractivity (Wildman–Crippen MR) is 141 cm³/mol. The number of methoxy groups -OCH3 is 1. The van der Waals surface area contributed by atoms with Crippen LogP contribution in [-0.4, -0.2) is 68.6 Å². The lowest BCUT2D eigenvalue weighted by molar-refractivity contribution is 0.0733. The molecule has 6 rings (SSSR count). The second-order valence-corrected chi connectivity index (χ2v) is 12.4. The maximum absolute atomic E-state index is 13.8. The number of halogens is 2. The molecule has 2 aromatic carbocycles. The maximum Gasteiger partial charge on any atom is 0.243 e. The number of aromatic nitrogens is 2. The van der Waals surface area contributed by atoms with Crippen LogP contribution in [0.4, 0.5) is 14.5 Å². The molecule has 3 aromatic rings. The second-order valence-electron chi connectivity index (χ2n) is 10.4. The summed E-state index contributed by atoms with van der Waals surface area (Å²) >= 11 is 0. The molecule has 0 spiro atoms. The van der Waals surface area contributed by atoms with Crippen molar-refractivity contribution in [3.8, 4) is 5.69 Å². The van der Waals surface area contributed by atoms with E-state index in [2.05, 4.69) is 11.2 Å². The minimum absolute atomic E-state index is 0.220. The van der Waals surface area contributed by atoms with E-state index in [1.54, 1.807) is 52.6 Å². The van der Waals surface area contributed by atoms with Crippen molar-refractivity contribution in [1.29, 1.82) is 0 Å². The highest BCUT2D eigenvalue weighted by Gasteiger charge is 2.46. The van der Waals surface area contributed by atoms with Crippen molar-refractivity contribution < 1.29 is 21.9 Å². The normalized spacial score (nSPS) is 23.7. The first-order valence-corrected chi connectivity index (χ1v) is 14.3.